The van der Waals surface area contributed by atoms with Crippen LogP contribution in [0.2, 0.25) is 0 Å². The highest BCUT2D eigenvalue weighted by Crippen LogP contribution is 2.27. The number of methoxy groups -OCH3 is 1. The predicted molar refractivity (Wildman–Crippen MR) is 80.4 cm³/mol. The number of phenolic OH excluding ortho intramolecular Hbond substituents is 1. The molecule has 0 unspecified atom stereocenters. The first-order valence-electron chi connectivity index (χ1n) is 6.30. The molecule has 0 aliphatic carbocycles. The molecule has 1 aromatic heterocycles. The summed E-state index contributed by atoms with van der Waals surface area (Å²) in [5.74, 6) is 0.548. The summed E-state index contributed by atoms with van der Waals surface area (Å²) in [4.78, 5) is 11.5. The van der Waals surface area contributed by atoms with Crippen LogP contribution in [0, 0.1) is 0 Å². The van der Waals surface area contributed by atoms with Crippen LogP contribution in [0.1, 0.15) is 11.3 Å². The normalized spacial score (nSPS) is 11.4. The lowest BCUT2D eigenvalue weighted by Gasteiger charge is -2.04. The molecule has 5 heteroatoms. The molecule has 0 fully saturated rings. The summed E-state index contributed by atoms with van der Waals surface area (Å²) in [5, 5.41) is 9.87. The van der Waals surface area contributed by atoms with Crippen molar-refractivity contribution in [1.82, 2.24) is 4.98 Å². The molecular weight excluding hydrogens is 254 g/mol. The average molecular weight is 271 g/mol. The molecule has 1 heterocycles. The molecule has 5 nitrogen and oxygen atoms in total. The second-order valence-electron chi connectivity index (χ2n) is 4.09. The number of hydrogen-bond donors (Lipinski definition) is 2. The summed E-state index contributed by atoms with van der Waals surface area (Å²) in [6.07, 6.45) is 5.26. The number of aromatic amines is 1. The third kappa shape index (κ3) is 3.71. The molecular formula is C15H17N3O2. The maximum atomic E-state index is 9.87. The quantitative estimate of drug-likeness (QED) is 0.625. The number of aromatic hydroxyl groups is 1. The van der Waals surface area contributed by atoms with E-state index in [-0.39, 0.29) is 5.75 Å². The lowest BCUT2D eigenvalue weighted by atomic mass is 10.2. The van der Waals surface area contributed by atoms with Gasteiger partial charge in [0.15, 0.2) is 11.5 Å². The molecule has 0 spiro atoms. The molecule has 20 heavy (non-hydrogen) atoms. The van der Waals surface area contributed by atoms with Crippen molar-refractivity contribution in [2.45, 2.75) is 0 Å². The van der Waals surface area contributed by atoms with Crippen molar-refractivity contribution >= 4 is 12.4 Å². The standard InChI is InChI=1S/C15H17N3O2/c1-20-14-6-2-4-12(15(14)19)10-16-8-9-17-11-13-5-3-7-18-13/h2-7,10-11,18-19H,8-9H2,1H3. The Labute approximate surface area is 117 Å². The second kappa shape index (κ2) is 7.13. The van der Waals surface area contributed by atoms with Gasteiger partial charge >= 0.3 is 0 Å². The van der Waals surface area contributed by atoms with Gasteiger partial charge in [0.2, 0.25) is 0 Å². The highest BCUT2D eigenvalue weighted by Gasteiger charge is 2.03. The summed E-state index contributed by atoms with van der Waals surface area (Å²) < 4.78 is 5.03. The van der Waals surface area contributed by atoms with Crippen LogP contribution in [0.5, 0.6) is 11.5 Å². The number of nitrogens with one attached hydrogen (secondary N) is 1. The summed E-state index contributed by atoms with van der Waals surface area (Å²) >= 11 is 0. The van der Waals surface area contributed by atoms with E-state index in [4.69, 9.17) is 4.74 Å². The fraction of sp³-hybridized carbons (Fsp3) is 0.200. The van der Waals surface area contributed by atoms with Crippen molar-refractivity contribution in [1.29, 1.82) is 0 Å². The number of H-pyrrole nitrogens is 1. The molecule has 2 N–H and O–H groups in total. The van der Waals surface area contributed by atoms with Gasteiger partial charge in [0, 0.05) is 24.2 Å². The Hall–Kier alpha value is -2.56. The van der Waals surface area contributed by atoms with Gasteiger partial charge < -0.3 is 14.8 Å². The molecule has 2 aromatic rings. The van der Waals surface area contributed by atoms with Crippen LogP contribution in [0.3, 0.4) is 0 Å². The summed E-state index contributed by atoms with van der Waals surface area (Å²) in [5.41, 5.74) is 1.61. The molecule has 0 aliphatic rings. The number of nitrogens with zero attached hydrogens (tertiary/aromatic N) is 2. The third-order valence-corrected chi connectivity index (χ3v) is 2.69. The van der Waals surface area contributed by atoms with Gasteiger partial charge in [-0.2, -0.15) is 0 Å². The summed E-state index contributed by atoms with van der Waals surface area (Å²) in [6.45, 7) is 1.16. The second-order valence-corrected chi connectivity index (χ2v) is 4.09. The number of aliphatic imine (C=N–C) groups is 2. The van der Waals surface area contributed by atoms with Crippen LogP contribution in [0.15, 0.2) is 46.5 Å². The number of aromatic nitrogens is 1. The lowest BCUT2D eigenvalue weighted by molar-refractivity contribution is 0.373. The Morgan fingerprint density at radius 2 is 1.95 bits per heavy atom. The molecule has 0 saturated carbocycles. The summed E-state index contributed by atoms with van der Waals surface area (Å²) in [6, 6.07) is 9.16. The highest BCUT2D eigenvalue weighted by molar-refractivity contribution is 5.84. The Morgan fingerprint density at radius 1 is 1.15 bits per heavy atom. The predicted octanol–water partition coefficient (Wildman–Crippen LogP) is 2.27. The van der Waals surface area contributed by atoms with Gasteiger partial charge in [0.05, 0.1) is 25.9 Å². The zero-order chi connectivity index (χ0) is 14.2. The van der Waals surface area contributed by atoms with Crippen molar-refractivity contribution in [2.75, 3.05) is 20.2 Å². The van der Waals surface area contributed by atoms with Gasteiger partial charge in [-0.25, -0.2) is 0 Å². The van der Waals surface area contributed by atoms with E-state index in [1.807, 2.05) is 24.4 Å². The van der Waals surface area contributed by atoms with Crippen LogP contribution < -0.4 is 4.74 Å². The minimum absolute atomic E-state index is 0.105. The van der Waals surface area contributed by atoms with Crippen LogP contribution in [-0.4, -0.2) is 42.7 Å². The van der Waals surface area contributed by atoms with Crippen molar-refractivity contribution in [3.05, 3.63) is 47.8 Å². The highest BCUT2D eigenvalue weighted by atomic mass is 16.5. The zero-order valence-electron chi connectivity index (χ0n) is 11.3. The van der Waals surface area contributed by atoms with Crippen LogP contribution in [0.25, 0.3) is 0 Å². The van der Waals surface area contributed by atoms with E-state index in [2.05, 4.69) is 15.0 Å². The van der Waals surface area contributed by atoms with E-state index in [0.29, 0.717) is 24.4 Å². The van der Waals surface area contributed by atoms with E-state index in [1.165, 1.54) is 7.11 Å². The minimum atomic E-state index is 0.105. The van der Waals surface area contributed by atoms with Crippen LogP contribution >= 0.6 is 0 Å². The number of hydrogen-bond acceptors (Lipinski definition) is 4. The van der Waals surface area contributed by atoms with Crippen molar-refractivity contribution in [3.63, 3.8) is 0 Å². The fourth-order valence-corrected chi connectivity index (χ4v) is 1.67. The molecule has 1 aromatic carbocycles. The number of ether oxygens (including phenoxy) is 1. The molecule has 0 atom stereocenters. The van der Waals surface area contributed by atoms with Crippen molar-refractivity contribution < 1.29 is 9.84 Å². The first-order chi connectivity index (χ1) is 9.81. The maximum Gasteiger partial charge on any atom is 0.166 e. The van der Waals surface area contributed by atoms with E-state index in [0.717, 1.165) is 5.69 Å². The number of phenols is 1. The first-order valence-corrected chi connectivity index (χ1v) is 6.30. The van der Waals surface area contributed by atoms with Crippen molar-refractivity contribution in [3.8, 4) is 11.5 Å². The van der Waals surface area contributed by atoms with Gasteiger partial charge in [-0.3, -0.25) is 9.98 Å². The maximum absolute atomic E-state index is 9.87. The average Bonchev–Trinajstić information content (AvgIpc) is 2.97. The lowest BCUT2D eigenvalue weighted by Crippen LogP contribution is -1.92. The molecule has 0 saturated heterocycles. The first kappa shape index (κ1) is 13.9. The van der Waals surface area contributed by atoms with Crippen molar-refractivity contribution in [2.24, 2.45) is 9.98 Å². The summed E-state index contributed by atoms with van der Waals surface area (Å²) in [7, 11) is 1.52. The van der Waals surface area contributed by atoms with Gasteiger partial charge in [0.1, 0.15) is 0 Å². The monoisotopic (exact) mass is 271 g/mol. The van der Waals surface area contributed by atoms with E-state index >= 15 is 0 Å². The van der Waals surface area contributed by atoms with Gasteiger partial charge in [0.25, 0.3) is 0 Å². The zero-order valence-corrected chi connectivity index (χ0v) is 11.3. The SMILES string of the molecule is COc1cccc(C=NCCN=Cc2ccc[nH]2)c1O. The molecule has 0 radical (unpaired) electrons. The fourth-order valence-electron chi connectivity index (χ4n) is 1.67. The van der Waals surface area contributed by atoms with Gasteiger partial charge in [-0.15, -0.1) is 0 Å². The number of benzene rings is 1. The Morgan fingerprint density at radius 3 is 2.65 bits per heavy atom. The number of rotatable bonds is 6. The third-order valence-electron chi connectivity index (χ3n) is 2.69. The van der Waals surface area contributed by atoms with E-state index in [9.17, 15) is 5.11 Å². The van der Waals surface area contributed by atoms with Crippen LogP contribution in [0.4, 0.5) is 0 Å². The Kier molecular flexibility index (Phi) is 4.94. The van der Waals surface area contributed by atoms with E-state index in [1.54, 1.807) is 24.6 Å². The molecule has 0 aliphatic heterocycles. The van der Waals surface area contributed by atoms with E-state index < -0.39 is 0 Å². The van der Waals surface area contributed by atoms with Crippen LogP contribution in [-0.2, 0) is 0 Å². The largest absolute Gasteiger partial charge is 0.504 e. The molecule has 0 bridgehead atoms. The van der Waals surface area contributed by atoms with Gasteiger partial charge in [-0.1, -0.05) is 6.07 Å². The molecule has 104 valence electrons. The number of para-hydroxylation sites is 1. The molecule has 0 amide bonds. The topological polar surface area (TPSA) is 70.0 Å². The minimum Gasteiger partial charge on any atom is -0.504 e. The van der Waals surface area contributed by atoms with Gasteiger partial charge in [-0.05, 0) is 24.3 Å². The smallest absolute Gasteiger partial charge is 0.166 e. The Balaban J connectivity index is 1.85. The Bertz CT molecular complexity index is 589. The molecule has 2 rings (SSSR count).